The third kappa shape index (κ3) is 2.93. The van der Waals surface area contributed by atoms with Crippen molar-refractivity contribution in [1.29, 1.82) is 0 Å². The van der Waals surface area contributed by atoms with Gasteiger partial charge in [-0.2, -0.15) is 0 Å². The Morgan fingerprint density at radius 3 is 2.76 bits per heavy atom. The van der Waals surface area contributed by atoms with E-state index in [0.717, 1.165) is 29.9 Å². The molecule has 1 fully saturated rings. The molecule has 0 radical (unpaired) electrons. The summed E-state index contributed by atoms with van der Waals surface area (Å²) in [6.45, 7) is 7.56. The summed E-state index contributed by atoms with van der Waals surface area (Å²) in [7, 11) is 1.69. The normalized spacial score (nSPS) is 19.2. The first-order chi connectivity index (χ1) is 8.02. The lowest BCUT2D eigenvalue weighted by Gasteiger charge is -2.40. The van der Waals surface area contributed by atoms with Crippen LogP contribution in [0.1, 0.15) is 13.8 Å². The largest absolute Gasteiger partial charge is 0.496 e. The van der Waals surface area contributed by atoms with Crippen LogP contribution in [-0.4, -0.2) is 32.3 Å². The molecule has 0 spiro atoms. The smallest absolute Gasteiger partial charge is 0.133 e. The summed E-state index contributed by atoms with van der Waals surface area (Å²) in [6, 6.07) is 6.25. The molecule has 94 valence electrons. The number of hydrogen-bond acceptors (Lipinski definition) is 3. The van der Waals surface area contributed by atoms with Crippen molar-refractivity contribution in [3.8, 4) is 5.75 Å². The molecule has 3 nitrogen and oxygen atoms in total. The highest BCUT2D eigenvalue weighted by Crippen LogP contribution is 2.30. The molecule has 0 aliphatic carbocycles. The first-order valence-corrected chi connectivity index (χ1v) is 6.65. The number of piperazine rings is 1. The molecule has 0 bridgehead atoms. The monoisotopic (exact) mass is 298 g/mol. The quantitative estimate of drug-likeness (QED) is 0.908. The molecule has 1 N–H and O–H groups in total. The number of anilines is 1. The van der Waals surface area contributed by atoms with E-state index < -0.39 is 0 Å². The van der Waals surface area contributed by atoms with E-state index in [0.29, 0.717) is 0 Å². The lowest BCUT2D eigenvalue weighted by molar-refractivity contribution is 0.353. The Morgan fingerprint density at radius 1 is 1.41 bits per heavy atom. The summed E-state index contributed by atoms with van der Waals surface area (Å²) in [5.41, 5.74) is 1.41. The van der Waals surface area contributed by atoms with Crippen LogP contribution in [0.4, 0.5) is 5.69 Å². The number of rotatable bonds is 2. The van der Waals surface area contributed by atoms with Crippen molar-refractivity contribution in [1.82, 2.24) is 5.32 Å². The Hall–Kier alpha value is -0.740. The van der Waals surface area contributed by atoms with E-state index in [2.05, 4.69) is 52.1 Å². The van der Waals surface area contributed by atoms with Crippen LogP contribution in [0.5, 0.6) is 5.75 Å². The van der Waals surface area contributed by atoms with Crippen molar-refractivity contribution in [2.45, 2.75) is 19.4 Å². The Bertz CT molecular complexity index is 406. The van der Waals surface area contributed by atoms with Gasteiger partial charge >= 0.3 is 0 Å². The fourth-order valence-electron chi connectivity index (χ4n) is 2.21. The summed E-state index contributed by atoms with van der Waals surface area (Å²) in [4.78, 5) is 2.40. The summed E-state index contributed by atoms with van der Waals surface area (Å²) in [5.74, 6) is 0.878. The second-order valence-corrected chi connectivity index (χ2v) is 5.91. The number of hydrogen-bond donors (Lipinski definition) is 1. The molecule has 0 aromatic heterocycles. The van der Waals surface area contributed by atoms with Crippen LogP contribution < -0.4 is 15.0 Å². The fourth-order valence-corrected chi connectivity index (χ4v) is 2.74. The van der Waals surface area contributed by atoms with Gasteiger partial charge in [0.1, 0.15) is 5.75 Å². The van der Waals surface area contributed by atoms with Crippen molar-refractivity contribution < 1.29 is 4.74 Å². The molecule has 0 amide bonds. The Morgan fingerprint density at radius 2 is 2.18 bits per heavy atom. The van der Waals surface area contributed by atoms with E-state index in [4.69, 9.17) is 4.74 Å². The van der Waals surface area contributed by atoms with E-state index in [1.807, 2.05) is 6.07 Å². The molecule has 0 unspecified atom stereocenters. The van der Waals surface area contributed by atoms with Gasteiger partial charge in [-0.1, -0.05) is 0 Å². The van der Waals surface area contributed by atoms with Gasteiger partial charge in [0.15, 0.2) is 0 Å². The molecule has 1 aromatic carbocycles. The standard InChI is InChI=1S/C13H19BrN2O/c1-13(2)9-16(7-6-15-13)10-4-5-12(17-3)11(14)8-10/h4-5,8,15H,6-7,9H2,1-3H3. The second-order valence-electron chi connectivity index (χ2n) is 5.05. The number of halogens is 1. The van der Waals surface area contributed by atoms with E-state index >= 15 is 0 Å². The maximum Gasteiger partial charge on any atom is 0.133 e. The van der Waals surface area contributed by atoms with Gasteiger partial charge in [0.2, 0.25) is 0 Å². The van der Waals surface area contributed by atoms with Crippen molar-refractivity contribution >= 4 is 21.6 Å². The highest BCUT2D eigenvalue weighted by atomic mass is 79.9. The zero-order chi connectivity index (χ0) is 12.5. The fraction of sp³-hybridized carbons (Fsp3) is 0.538. The van der Waals surface area contributed by atoms with E-state index in [9.17, 15) is 0 Å². The second kappa shape index (κ2) is 4.86. The van der Waals surface area contributed by atoms with Crippen LogP contribution in [0.15, 0.2) is 22.7 Å². The lowest BCUT2D eigenvalue weighted by atomic mass is 10.0. The predicted molar refractivity (Wildman–Crippen MR) is 75.0 cm³/mol. The SMILES string of the molecule is COc1ccc(N2CCNC(C)(C)C2)cc1Br. The lowest BCUT2D eigenvalue weighted by Crippen LogP contribution is -2.57. The summed E-state index contributed by atoms with van der Waals surface area (Å²) >= 11 is 3.54. The average Bonchev–Trinajstić information content (AvgIpc) is 2.27. The summed E-state index contributed by atoms with van der Waals surface area (Å²) < 4.78 is 6.26. The van der Waals surface area contributed by atoms with Gasteiger partial charge in [0, 0.05) is 30.9 Å². The van der Waals surface area contributed by atoms with Crippen molar-refractivity contribution in [2.24, 2.45) is 0 Å². The third-order valence-corrected chi connectivity index (χ3v) is 3.69. The zero-order valence-corrected chi connectivity index (χ0v) is 12.2. The predicted octanol–water partition coefficient (Wildman–Crippen LogP) is 2.65. The van der Waals surface area contributed by atoms with Crippen LogP contribution in [0.25, 0.3) is 0 Å². The summed E-state index contributed by atoms with van der Waals surface area (Å²) in [6.07, 6.45) is 0. The Balaban J connectivity index is 2.19. The topological polar surface area (TPSA) is 24.5 Å². The molecule has 1 aliphatic heterocycles. The van der Waals surface area contributed by atoms with Crippen LogP contribution in [-0.2, 0) is 0 Å². The maximum absolute atomic E-state index is 5.25. The van der Waals surface area contributed by atoms with Gasteiger partial charge in [-0.15, -0.1) is 0 Å². The van der Waals surface area contributed by atoms with Crippen molar-refractivity contribution in [3.05, 3.63) is 22.7 Å². The average molecular weight is 299 g/mol. The highest BCUT2D eigenvalue weighted by molar-refractivity contribution is 9.10. The number of benzene rings is 1. The molecular weight excluding hydrogens is 280 g/mol. The molecule has 0 saturated carbocycles. The van der Waals surface area contributed by atoms with Gasteiger partial charge in [-0.3, -0.25) is 0 Å². The van der Waals surface area contributed by atoms with Crippen LogP contribution >= 0.6 is 15.9 Å². The first kappa shape index (κ1) is 12.7. The van der Waals surface area contributed by atoms with Gasteiger partial charge in [0.05, 0.1) is 11.6 Å². The molecule has 4 heteroatoms. The molecular formula is C13H19BrN2O. The van der Waals surface area contributed by atoms with Crippen LogP contribution in [0, 0.1) is 0 Å². The third-order valence-electron chi connectivity index (χ3n) is 3.07. The Kier molecular flexibility index (Phi) is 3.64. The van der Waals surface area contributed by atoms with Gasteiger partial charge in [0.25, 0.3) is 0 Å². The minimum Gasteiger partial charge on any atom is -0.496 e. The van der Waals surface area contributed by atoms with Gasteiger partial charge < -0.3 is 15.0 Å². The molecule has 1 heterocycles. The van der Waals surface area contributed by atoms with Gasteiger partial charge in [-0.05, 0) is 48.0 Å². The zero-order valence-electron chi connectivity index (χ0n) is 10.6. The maximum atomic E-state index is 5.25. The van der Waals surface area contributed by atoms with Crippen molar-refractivity contribution in [2.75, 3.05) is 31.6 Å². The number of ether oxygens (including phenoxy) is 1. The molecule has 1 aromatic rings. The molecule has 1 saturated heterocycles. The minimum atomic E-state index is 0.171. The molecule has 1 aliphatic rings. The summed E-state index contributed by atoms with van der Waals surface area (Å²) in [5, 5.41) is 3.52. The van der Waals surface area contributed by atoms with Crippen LogP contribution in [0.2, 0.25) is 0 Å². The van der Waals surface area contributed by atoms with E-state index in [1.54, 1.807) is 7.11 Å². The van der Waals surface area contributed by atoms with Crippen LogP contribution in [0.3, 0.4) is 0 Å². The number of methoxy groups -OCH3 is 1. The van der Waals surface area contributed by atoms with E-state index in [1.165, 1.54) is 5.69 Å². The molecule has 2 rings (SSSR count). The highest BCUT2D eigenvalue weighted by Gasteiger charge is 2.25. The molecule has 0 atom stereocenters. The number of nitrogens with zero attached hydrogens (tertiary/aromatic N) is 1. The first-order valence-electron chi connectivity index (χ1n) is 5.85. The molecule has 17 heavy (non-hydrogen) atoms. The Labute approximate surface area is 111 Å². The minimum absolute atomic E-state index is 0.171. The van der Waals surface area contributed by atoms with E-state index in [-0.39, 0.29) is 5.54 Å². The van der Waals surface area contributed by atoms with Gasteiger partial charge in [-0.25, -0.2) is 0 Å². The number of nitrogens with one attached hydrogen (secondary N) is 1. The van der Waals surface area contributed by atoms with Crippen molar-refractivity contribution in [3.63, 3.8) is 0 Å².